The molecule has 1 fully saturated rings. The summed E-state index contributed by atoms with van der Waals surface area (Å²) in [5.74, 6) is -1.12. The highest BCUT2D eigenvalue weighted by Crippen LogP contribution is 2.26. The largest absolute Gasteiger partial charge is 0.299 e. The Kier molecular flexibility index (Phi) is 5.09. The maximum atomic E-state index is 13.8. The summed E-state index contributed by atoms with van der Waals surface area (Å²) in [4.78, 5) is 11.2. The molecule has 1 aliphatic heterocycles. The van der Waals surface area contributed by atoms with Gasteiger partial charge in [-0.1, -0.05) is 13.0 Å². The maximum Gasteiger partial charge on any atom is 0.292 e. The van der Waals surface area contributed by atoms with Crippen molar-refractivity contribution < 1.29 is 17.7 Å². The summed E-state index contributed by atoms with van der Waals surface area (Å²) >= 11 is 0. The molecule has 0 unspecified atom stereocenters. The number of nitrogens with one attached hydrogen (secondary N) is 1. The van der Waals surface area contributed by atoms with Gasteiger partial charge in [0.15, 0.2) is 4.90 Å². The van der Waals surface area contributed by atoms with Crippen LogP contribution in [0.15, 0.2) is 23.1 Å². The standard InChI is InChI=1S/C13H18FN3O4S/c1-2-16-8-4-5-10(16)9-15-22(20,21)13-11(14)6-3-7-12(13)17(18)19/h3,6-7,10,15H,2,4-5,8-9H2,1H3/t10-/m1/s1. The van der Waals surface area contributed by atoms with Gasteiger partial charge in [0, 0.05) is 18.7 Å². The molecule has 1 heterocycles. The lowest BCUT2D eigenvalue weighted by Crippen LogP contribution is -2.40. The van der Waals surface area contributed by atoms with Crippen LogP contribution >= 0.6 is 0 Å². The third kappa shape index (κ3) is 3.42. The van der Waals surface area contributed by atoms with Gasteiger partial charge in [0.1, 0.15) is 5.82 Å². The van der Waals surface area contributed by atoms with Crippen LogP contribution in [-0.2, 0) is 10.0 Å². The topological polar surface area (TPSA) is 92.6 Å². The summed E-state index contributed by atoms with van der Waals surface area (Å²) in [6.45, 7) is 3.78. The summed E-state index contributed by atoms with van der Waals surface area (Å²) in [5, 5.41) is 10.9. The minimum atomic E-state index is -4.28. The van der Waals surface area contributed by atoms with Crippen LogP contribution in [0.5, 0.6) is 0 Å². The van der Waals surface area contributed by atoms with Crippen LogP contribution in [0.3, 0.4) is 0 Å². The van der Waals surface area contributed by atoms with Crippen molar-refractivity contribution in [2.45, 2.75) is 30.7 Å². The Morgan fingerprint density at radius 2 is 2.23 bits per heavy atom. The SMILES string of the molecule is CCN1CCC[C@@H]1CNS(=O)(=O)c1c(F)cccc1[N+](=O)[O-]. The van der Waals surface area contributed by atoms with Crippen molar-refractivity contribution in [1.29, 1.82) is 0 Å². The van der Waals surface area contributed by atoms with Crippen LogP contribution < -0.4 is 4.72 Å². The fraction of sp³-hybridized carbons (Fsp3) is 0.538. The first-order valence-electron chi connectivity index (χ1n) is 7.03. The fourth-order valence-electron chi connectivity index (χ4n) is 2.73. The van der Waals surface area contributed by atoms with E-state index in [1.807, 2.05) is 6.92 Å². The Bertz CT molecular complexity index is 665. The van der Waals surface area contributed by atoms with E-state index in [9.17, 15) is 22.9 Å². The number of likely N-dealkylation sites (tertiary alicyclic amines) is 1. The third-order valence-corrected chi connectivity index (χ3v) is 5.31. The van der Waals surface area contributed by atoms with Crippen LogP contribution in [0.25, 0.3) is 0 Å². The molecule has 1 saturated heterocycles. The van der Waals surface area contributed by atoms with E-state index in [4.69, 9.17) is 0 Å². The summed E-state index contributed by atoms with van der Waals surface area (Å²) in [7, 11) is -4.28. The van der Waals surface area contributed by atoms with Crippen LogP contribution in [0.4, 0.5) is 10.1 Å². The van der Waals surface area contributed by atoms with Gasteiger partial charge in [0.25, 0.3) is 5.69 Å². The smallest absolute Gasteiger partial charge is 0.292 e. The normalized spacial score (nSPS) is 19.5. The summed E-state index contributed by atoms with van der Waals surface area (Å²) in [5.41, 5.74) is -0.758. The van der Waals surface area contributed by atoms with Gasteiger partial charge in [-0.2, -0.15) is 0 Å². The average Bonchev–Trinajstić information content (AvgIpc) is 2.92. The quantitative estimate of drug-likeness (QED) is 0.630. The van der Waals surface area contributed by atoms with E-state index >= 15 is 0 Å². The van der Waals surface area contributed by atoms with E-state index in [0.29, 0.717) is 0 Å². The number of nitrogens with zero attached hydrogens (tertiary/aromatic N) is 2. The molecule has 7 nitrogen and oxygen atoms in total. The van der Waals surface area contributed by atoms with Gasteiger partial charge in [-0.25, -0.2) is 17.5 Å². The second-order valence-corrected chi connectivity index (χ2v) is 6.83. The first-order valence-corrected chi connectivity index (χ1v) is 8.51. The van der Waals surface area contributed by atoms with Crippen molar-refractivity contribution >= 4 is 15.7 Å². The number of hydrogen-bond acceptors (Lipinski definition) is 5. The van der Waals surface area contributed by atoms with E-state index in [0.717, 1.165) is 44.1 Å². The minimum absolute atomic E-state index is 0.0330. The Balaban J connectivity index is 2.22. The number of nitro groups is 1. The zero-order valence-corrected chi connectivity index (χ0v) is 13.0. The molecule has 22 heavy (non-hydrogen) atoms. The Morgan fingerprint density at radius 3 is 2.86 bits per heavy atom. The highest BCUT2D eigenvalue weighted by molar-refractivity contribution is 7.89. The molecule has 1 atom stereocenters. The van der Waals surface area contributed by atoms with Crippen molar-refractivity contribution in [3.8, 4) is 0 Å². The number of hydrogen-bond donors (Lipinski definition) is 1. The predicted molar refractivity (Wildman–Crippen MR) is 78.5 cm³/mol. The lowest BCUT2D eigenvalue weighted by molar-refractivity contribution is -0.388. The number of benzene rings is 1. The highest BCUT2D eigenvalue weighted by Gasteiger charge is 2.31. The van der Waals surface area contributed by atoms with Gasteiger partial charge < -0.3 is 0 Å². The minimum Gasteiger partial charge on any atom is -0.299 e. The number of likely N-dealkylation sites (N-methyl/N-ethyl adjacent to an activating group) is 1. The molecule has 0 radical (unpaired) electrons. The molecule has 0 bridgehead atoms. The Hall–Kier alpha value is -1.58. The van der Waals surface area contributed by atoms with Crippen molar-refractivity contribution in [2.75, 3.05) is 19.6 Å². The zero-order chi connectivity index (χ0) is 16.3. The van der Waals surface area contributed by atoms with E-state index in [2.05, 4.69) is 9.62 Å². The molecule has 2 rings (SSSR count). The van der Waals surface area contributed by atoms with Crippen molar-refractivity contribution in [3.63, 3.8) is 0 Å². The van der Waals surface area contributed by atoms with E-state index in [1.54, 1.807) is 0 Å². The van der Waals surface area contributed by atoms with E-state index in [1.165, 1.54) is 0 Å². The van der Waals surface area contributed by atoms with Crippen molar-refractivity contribution in [1.82, 2.24) is 9.62 Å². The zero-order valence-electron chi connectivity index (χ0n) is 12.2. The van der Waals surface area contributed by atoms with E-state index < -0.39 is 31.3 Å². The van der Waals surface area contributed by atoms with Gasteiger partial charge in [-0.15, -0.1) is 0 Å². The first-order chi connectivity index (χ1) is 10.4. The average molecular weight is 331 g/mol. The number of nitro benzene ring substituents is 1. The molecule has 1 aromatic carbocycles. The van der Waals surface area contributed by atoms with E-state index in [-0.39, 0.29) is 12.6 Å². The maximum absolute atomic E-state index is 13.8. The number of halogens is 1. The Labute approximate surface area is 128 Å². The highest BCUT2D eigenvalue weighted by atomic mass is 32.2. The molecule has 0 saturated carbocycles. The number of rotatable bonds is 6. The monoisotopic (exact) mass is 331 g/mol. The van der Waals surface area contributed by atoms with Crippen LogP contribution in [-0.4, -0.2) is 43.9 Å². The fourth-order valence-corrected chi connectivity index (χ4v) is 4.03. The summed E-state index contributed by atoms with van der Waals surface area (Å²) < 4.78 is 40.6. The van der Waals surface area contributed by atoms with Gasteiger partial charge in [-0.3, -0.25) is 15.0 Å². The van der Waals surface area contributed by atoms with Crippen LogP contribution in [0.2, 0.25) is 0 Å². The predicted octanol–water partition coefficient (Wildman–Crippen LogP) is 1.50. The van der Waals surface area contributed by atoms with Crippen LogP contribution in [0, 0.1) is 15.9 Å². The van der Waals surface area contributed by atoms with Gasteiger partial charge >= 0.3 is 0 Å². The third-order valence-electron chi connectivity index (χ3n) is 3.83. The molecule has 1 aliphatic rings. The molecule has 1 aromatic rings. The molecule has 0 aromatic heterocycles. The Morgan fingerprint density at radius 1 is 1.50 bits per heavy atom. The lowest BCUT2D eigenvalue weighted by atomic mass is 10.2. The second-order valence-electron chi connectivity index (χ2n) is 5.12. The first kappa shape index (κ1) is 16.8. The van der Waals surface area contributed by atoms with Gasteiger partial charge in [0.2, 0.25) is 10.0 Å². The number of sulfonamides is 1. The molecule has 9 heteroatoms. The summed E-state index contributed by atoms with van der Waals surface area (Å²) in [6, 6.07) is 3.02. The molecular weight excluding hydrogens is 313 g/mol. The molecule has 1 N–H and O–H groups in total. The van der Waals surface area contributed by atoms with Crippen LogP contribution in [0.1, 0.15) is 19.8 Å². The van der Waals surface area contributed by atoms with Crippen molar-refractivity contribution in [2.24, 2.45) is 0 Å². The lowest BCUT2D eigenvalue weighted by Gasteiger charge is -2.22. The second kappa shape index (κ2) is 6.67. The van der Waals surface area contributed by atoms with Gasteiger partial charge in [-0.05, 0) is 32.0 Å². The molecule has 122 valence electrons. The molecule has 0 aliphatic carbocycles. The van der Waals surface area contributed by atoms with Crippen molar-refractivity contribution in [3.05, 3.63) is 34.1 Å². The molecule has 0 spiro atoms. The molecule has 0 amide bonds. The van der Waals surface area contributed by atoms with Gasteiger partial charge in [0.05, 0.1) is 4.92 Å². The molecular formula is C13H18FN3O4S. The summed E-state index contributed by atoms with van der Waals surface area (Å²) in [6.07, 6.45) is 1.82.